The molecular formula is C75H142O17P2. The highest BCUT2D eigenvalue weighted by molar-refractivity contribution is 7.47. The number of unbranched alkanes of at least 4 members (excludes halogenated alkanes) is 41. The number of allylic oxidation sites excluding steroid dienone is 4. The van der Waals surface area contributed by atoms with Crippen LogP contribution in [0.4, 0.5) is 0 Å². The Bertz CT molecular complexity index is 1900. The Kier molecular flexibility index (Phi) is 65.9. The molecule has 3 unspecified atom stereocenters. The number of esters is 4. The molecular weight excluding hydrogens is 1230 g/mol. The van der Waals surface area contributed by atoms with Crippen LogP contribution in [0.1, 0.15) is 369 Å². The van der Waals surface area contributed by atoms with E-state index in [1.807, 2.05) is 0 Å². The lowest BCUT2D eigenvalue weighted by Gasteiger charge is -2.21. The number of aliphatic hydroxyl groups excluding tert-OH is 1. The van der Waals surface area contributed by atoms with Gasteiger partial charge in [-0.1, -0.05) is 316 Å². The van der Waals surface area contributed by atoms with Crippen molar-refractivity contribution in [1.29, 1.82) is 0 Å². The molecule has 6 atom stereocenters. The van der Waals surface area contributed by atoms with E-state index in [4.69, 9.17) is 37.0 Å². The van der Waals surface area contributed by atoms with Crippen molar-refractivity contribution >= 4 is 39.5 Å². The predicted molar refractivity (Wildman–Crippen MR) is 381 cm³/mol. The van der Waals surface area contributed by atoms with Gasteiger partial charge in [0.15, 0.2) is 12.2 Å². The van der Waals surface area contributed by atoms with E-state index in [1.165, 1.54) is 167 Å². The Morgan fingerprint density at radius 3 is 0.904 bits per heavy atom. The first-order valence-corrected chi connectivity index (χ1v) is 41.5. The standard InChI is InChI=1S/C75H142O17P2/c1-6-10-13-16-19-22-24-26-28-29-30-31-33-35-37-39-45-50-55-60-74(79)91-71(65-86-73(78)59-54-49-44-38-36-34-32-27-25-23-20-17-14-11-7-2)67-90-94(83,84)88-63-69(76)62-87-93(81,82)89-66-70(64-85-72(77)58-53-48-43-21-18-15-12-8-3)92-75(80)61-56-51-46-41-40-42-47-52-57-68(5)9-4/h23,25,27,32,68-71,76H,6-22,24,26,28-31,33-67H2,1-5H3,(H,81,82)(H,83,84)/b25-23-,32-27-/t68?,69-,70+,71+/m0/s1. The summed E-state index contributed by atoms with van der Waals surface area (Å²) in [4.78, 5) is 72.6. The highest BCUT2D eigenvalue weighted by atomic mass is 31.2. The molecule has 0 saturated carbocycles. The second-order valence-electron chi connectivity index (χ2n) is 26.6. The lowest BCUT2D eigenvalue weighted by molar-refractivity contribution is -0.161. The van der Waals surface area contributed by atoms with Gasteiger partial charge in [0.25, 0.3) is 0 Å². The molecule has 0 bridgehead atoms. The van der Waals surface area contributed by atoms with E-state index in [0.29, 0.717) is 25.7 Å². The molecule has 0 aliphatic carbocycles. The number of ether oxygens (including phenoxy) is 4. The van der Waals surface area contributed by atoms with Crippen molar-refractivity contribution in [3.8, 4) is 0 Å². The maximum atomic E-state index is 13.1. The monoisotopic (exact) mass is 1380 g/mol. The Balaban J connectivity index is 5.24. The molecule has 0 aliphatic rings. The molecule has 0 aliphatic heterocycles. The number of hydrogen-bond donors (Lipinski definition) is 3. The number of hydrogen-bond acceptors (Lipinski definition) is 15. The van der Waals surface area contributed by atoms with Gasteiger partial charge in [0.2, 0.25) is 0 Å². The second kappa shape index (κ2) is 67.7. The van der Waals surface area contributed by atoms with Gasteiger partial charge in [0.05, 0.1) is 26.4 Å². The van der Waals surface area contributed by atoms with Crippen molar-refractivity contribution in [2.75, 3.05) is 39.6 Å². The normalized spacial score (nSPS) is 14.4. The fourth-order valence-electron chi connectivity index (χ4n) is 11.0. The Hall–Kier alpha value is -2.46. The van der Waals surface area contributed by atoms with Crippen LogP contribution in [0.25, 0.3) is 0 Å². The zero-order valence-corrected chi connectivity index (χ0v) is 62.4. The first kappa shape index (κ1) is 91.5. The summed E-state index contributed by atoms with van der Waals surface area (Å²) < 4.78 is 68.4. The van der Waals surface area contributed by atoms with E-state index in [2.05, 4.69) is 58.9 Å². The molecule has 17 nitrogen and oxygen atoms in total. The summed E-state index contributed by atoms with van der Waals surface area (Å²) in [7, 11) is -9.92. The van der Waals surface area contributed by atoms with E-state index in [0.717, 1.165) is 121 Å². The molecule has 19 heteroatoms. The second-order valence-corrected chi connectivity index (χ2v) is 29.5. The molecule has 0 aromatic carbocycles. The van der Waals surface area contributed by atoms with Crippen LogP contribution in [0, 0.1) is 5.92 Å². The lowest BCUT2D eigenvalue weighted by Crippen LogP contribution is -2.30. The number of aliphatic hydroxyl groups is 1. The van der Waals surface area contributed by atoms with Crippen molar-refractivity contribution in [2.45, 2.75) is 387 Å². The maximum absolute atomic E-state index is 13.1. The minimum Gasteiger partial charge on any atom is -0.462 e. The van der Waals surface area contributed by atoms with Gasteiger partial charge in [-0.3, -0.25) is 37.3 Å². The summed E-state index contributed by atoms with van der Waals surface area (Å²) >= 11 is 0. The number of phosphoric ester groups is 2. The van der Waals surface area contributed by atoms with Gasteiger partial charge in [-0.15, -0.1) is 0 Å². The molecule has 0 aromatic heterocycles. The molecule has 0 rings (SSSR count). The molecule has 0 saturated heterocycles. The van der Waals surface area contributed by atoms with Crippen molar-refractivity contribution in [3.63, 3.8) is 0 Å². The number of phosphoric acid groups is 2. The first-order chi connectivity index (χ1) is 45.6. The zero-order chi connectivity index (χ0) is 69.1. The van der Waals surface area contributed by atoms with Crippen LogP contribution in [0.15, 0.2) is 24.3 Å². The summed E-state index contributed by atoms with van der Waals surface area (Å²) in [6.45, 7) is 7.18. The highest BCUT2D eigenvalue weighted by Gasteiger charge is 2.30. The largest absolute Gasteiger partial charge is 0.472 e. The minimum absolute atomic E-state index is 0.102. The van der Waals surface area contributed by atoms with Crippen molar-refractivity contribution in [1.82, 2.24) is 0 Å². The average molecular weight is 1380 g/mol. The van der Waals surface area contributed by atoms with Crippen molar-refractivity contribution in [3.05, 3.63) is 24.3 Å². The number of carbonyl (C=O) groups excluding carboxylic acids is 4. The van der Waals surface area contributed by atoms with E-state index < -0.39 is 97.5 Å². The molecule has 94 heavy (non-hydrogen) atoms. The van der Waals surface area contributed by atoms with Crippen LogP contribution in [0.5, 0.6) is 0 Å². The van der Waals surface area contributed by atoms with E-state index >= 15 is 0 Å². The topological polar surface area (TPSA) is 237 Å². The predicted octanol–water partition coefficient (Wildman–Crippen LogP) is 21.6. The van der Waals surface area contributed by atoms with Gasteiger partial charge in [0.1, 0.15) is 19.3 Å². The highest BCUT2D eigenvalue weighted by Crippen LogP contribution is 2.45. The van der Waals surface area contributed by atoms with Gasteiger partial charge >= 0.3 is 39.5 Å². The van der Waals surface area contributed by atoms with Crippen LogP contribution in [-0.4, -0.2) is 96.7 Å². The van der Waals surface area contributed by atoms with Crippen molar-refractivity contribution in [2.24, 2.45) is 5.92 Å². The molecule has 0 spiro atoms. The quantitative estimate of drug-likeness (QED) is 0.0169. The van der Waals surface area contributed by atoms with Crippen LogP contribution in [0.3, 0.4) is 0 Å². The summed E-state index contributed by atoms with van der Waals surface area (Å²) in [5.41, 5.74) is 0. The third-order valence-electron chi connectivity index (χ3n) is 17.3. The van der Waals surface area contributed by atoms with E-state index in [9.17, 15) is 43.2 Å². The van der Waals surface area contributed by atoms with E-state index in [1.54, 1.807) is 0 Å². The molecule has 0 amide bonds. The fraction of sp³-hybridized carbons (Fsp3) is 0.893. The summed E-state index contributed by atoms with van der Waals surface area (Å²) in [6, 6.07) is 0. The van der Waals surface area contributed by atoms with Crippen LogP contribution in [0.2, 0.25) is 0 Å². The van der Waals surface area contributed by atoms with Gasteiger partial charge in [-0.2, -0.15) is 0 Å². The molecule has 0 fully saturated rings. The van der Waals surface area contributed by atoms with Crippen LogP contribution in [-0.2, 0) is 65.4 Å². The lowest BCUT2D eigenvalue weighted by atomic mass is 9.99. The Morgan fingerprint density at radius 2 is 0.596 bits per heavy atom. The summed E-state index contributed by atoms with van der Waals surface area (Å²) in [5.74, 6) is -1.38. The molecule has 0 heterocycles. The SMILES string of the molecule is CCCCCC/C=C\C=C/CCCCCCCC(=O)OC[C@H](COP(=O)(O)OC[C@@H](O)COP(=O)(O)OC[C@@H](COC(=O)CCCCCCCCCC)OC(=O)CCCCCCCCCCC(C)CC)OC(=O)CCCCCCCCCCCCCCCCCCCCC. The van der Waals surface area contributed by atoms with Gasteiger partial charge < -0.3 is 33.8 Å². The van der Waals surface area contributed by atoms with Crippen molar-refractivity contribution < 1.29 is 80.2 Å². The number of carbonyl (C=O) groups is 4. The molecule has 0 aromatic rings. The van der Waals surface area contributed by atoms with Gasteiger partial charge in [-0.25, -0.2) is 9.13 Å². The molecule has 3 N–H and O–H groups in total. The molecule has 0 radical (unpaired) electrons. The minimum atomic E-state index is -4.96. The summed E-state index contributed by atoms with van der Waals surface area (Å²) in [6.07, 6.45) is 59.1. The smallest absolute Gasteiger partial charge is 0.462 e. The maximum Gasteiger partial charge on any atom is 0.472 e. The van der Waals surface area contributed by atoms with E-state index in [-0.39, 0.29) is 25.7 Å². The Labute approximate surface area is 573 Å². The first-order valence-electron chi connectivity index (χ1n) is 38.5. The average Bonchev–Trinajstić information content (AvgIpc) is 1.67. The van der Waals surface area contributed by atoms with Gasteiger partial charge in [0, 0.05) is 25.7 Å². The number of rotatable bonds is 73. The van der Waals surface area contributed by atoms with Gasteiger partial charge in [-0.05, 0) is 57.3 Å². The third kappa shape index (κ3) is 66.8. The summed E-state index contributed by atoms with van der Waals surface area (Å²) in [5, 5.41) is 10.6. The van der Waals surface area contributed by atoms with Crippen LogP contribution >= 0.6 is 15.6 Å². The third-order valence-corrected chi connectivity index (χ3v) is 19.2. The fourth-order valence-corrected chi connectivity index (χ4v) is 12.5. The van der Waals surface area contributed by atoms with Crippen LogP contribution < -0.4 is 0 Å². The Morgan fingerprint density at radius 1 is 0.340 bits per heavy atom. The zero-order valence-electron chi connectivity index (χ0n) is 60.6. The molecule has 554 valence electrons.